The zero-order chi connectivity index (χ0) is 15.1. The zero-order valence-corrected chi connectivity index (χ0v) is 14.5. The summed E-state index contributed by atoms with van der Waals surface area (Å²) in [5.41, 5.74) is 0.388. The maximum absolute atomic E-state index is 5.62. The first-order valence-electron chi connectivity index (χ1n) is 9.09. The first-order chi connectivity index (χ1) is 10.2. The molecule has 0 atom stereocenters. The van der Waals surface area contributed by atoms with Gasteiger partial charge in [-0.2, -0.15) is 0 Å². The van der Waals surface area contributed by atoms with Crippen LogP contribution in [0, 0.1) is 11.3 Å². The highest BCUT2D eigenvalue weighted by molar-refractivity contribution is 4.90. The van der Waals surface area contributed by atoms with Crippen molar-refractivity contribution >= 4 is 0 Å². The lowest BCUT2D eigenvalue weighted by Crippen LogP contribution is -2.49. The normalized spacial score (nSPS) is 23.3. The van der Waals surface area contributed by atoms with Crippen molar-refractivity contribution in [3.63, 3.8) is 0 Å². The SMILES string of the molecule is COCC1(CN(CCC(C)C)C2CCCC2)CCNCC1. The van der Waals surface area contributed by atoms with E-state index in [0.717, 1.165) is 31.7 Å². The Morgan fingerprint density at radius 1 is 1.19 bits per heavy atom. The van der Waals surface area contributed by atoms with Gasteiger partial charge in [0.1, 0.15) is 0 Å². The molecule has 0 amide bonds. The topological polar surface area (TPSA) is 24.5 Å². The summed E-state index contributed by atoms with van der Waals surface area (Å²) in [6.45, 7) is 10.5. The van der Waals surface area contributed by atoms with Crippen molar-refractivity contribution in [2.45, 2.75) is 64.8 Å². The van der Waals surface area contributed by atoms with Gasteiger partial charge in [-0.05, 0) is 57.7 Å². The van der Waals surface area contributed by atoms with E-state index in [1.54, 1.807) is 0 Å². The summed E-state index contributed by atoms with van der Waals surface area (Å²) in [5.74, 6) is 0.806. The molecule has 2 fully saturated rings. The highest BCUT2D eigenvalue weighted by Crippen LogP contribution is 2.34. The molecule has 0 aromatic heterocycles. The fourth-order valence-electron chi connectivity index (χ4n) is 4.13. The number of methoxy groups -OCH3 is 1. The lowest BCUT2D eigenvalue weighted by Gasteiger charge is -2.43. The van der Waals surface area contributed by atoms with Crippen LogP contribution in [-0.2, 0) is 4.74 Å². The molecule has 0 unspecified atom stereocenters. The van der Waals surface area contributed by atoms with Gasteiger partial charge in [0, 0.05) is 25.1 Å². The Kier molecular flexibility index (Phi) is 6.97. The molecule has 1 saturated carbocycles. The Balaban J connectivity index is 1.99. The number of hydrogen-bond acceptors (Lipinski definition) is 3. The smallest absolute Gasteiger partial charge is 0.0531 e. The molecule has 0 aromatic rings. The van der Waals surface area contributed by atoms with E-state index in [9.17, 15) is 0 Å². The van der Waals surface area contributed by atoms with Crippen molar-refractivity contribution in [3.05, 3.63) is 0 Å². The minimum atomic E-state index is 0.388. The van der Waals surface area contributed by atoms with Crippen LogP contribution in [0.1, 0.15) is 58.8 Å². The Morgan fingerprint density at radius 3 is 2.43 bits per heavy atom. The Morgan fingerprint density at radius 2 is 1.86 bits per heavy atom. The molecular weight excluding hydrogens is 260 g/mol. The highest BCUT2D eigenvalue weighted by atomic mass is 16.5. The number of nitrogens with one attached hydrogen (secondary N) is 1. The molecule has 0 bridgehead atoms. The first-order valence-corrected chi connectivity index (χ1v) is 9.09. The number of ether oxygens (including phenoxy) is 1. The van der Waals surface area contributed by atoms with E-state index in [0.29, 0.717) is 5.41 Å². The number of nitrogens with zero attached hydrogens (tertiary/aromatic N) is 1. The third-order valence-electron chi connectivity index (χ3n) is 5.49. The van der Waals surface area contributed by atoms with Gasteiger partial charge < -0.3 is 10.1 Å². The van der Waals surface area contributed by atoms with Crippen molar-refractivity contribution < 1.29 is 4.74 Å². The fraction of sp³-hybridized carbons (Fsp3) is 1.00. The number of piperidine rings is 1. The summed E-state index contributed by atoms with van der Waals surface area (Å²) < 4.78 is 5.62. The predicted octanol–water partition coefficient (Wildman–Crippen LogP) is 3.29. The van der Waals surface area contributed by atoms with Crippen molar-refractivity contribution in [1.29, 1.82) is 0 Å². The van der Waals surface area contributed by atoms with Crippen molar-refractivity contribution in [2.75, 3.05) is 39.9 Å². The highest BCUT2D eigenvalue weighted by Gasteiger charge is 2.36. The predicted molar refractivity (Wildman–Crippen MR) is 89.7 cm³/mol. The third-order valence-corrected chi connectivity index (χ3v) is 5.49. The molecule has 0 spiro atoms. The molecule has 0 radical (unpaired) electrons. The summed E-state index contributed by atoms with van der Waals surface area (Å²) in [6.07, 6.45) is 9.57. The van der Waals surface area contributed by atoms with Crippen molar-refractivity contribution in [3.8, 4) is 0 Å². The summed E-state index contributed by atoms with van der Waals surface area (Å²) in [5, 5.41) is 3.52. The molecule has 1 aliphatic carbocycles. The second-order valence-corrected chi connectivity index (χ2v) is 7.77. The summed E-state index contributed by atoms with van der Waals surface area (Å²) in [6, 6.07) is 0.840. The van der Waals surface area contributed by atoms with Gasteiger partial charge in [-0.1, -0.05) is 26.7 Å². The average Bonchev–Trinajstić information content (AvgIpc) is 2.99. The molecule has 0 aromatic carbocycles. The van der Waals surface area contributed by atoms with Gasteiger partial charge in [-0.15, -0.1) is 0 Å². The van der Waals surface area contributed by atoms with Crippen LogP contribution in [0.3, 0.4) is 0 Å². The molecule has 3 heteroatoms. The van der Waals surface area contributed by atoms with E-state index in [1.807, 2.05) is 7.11 Å². The van der Waals surface area contributed by atoms with E-state index >= 15 is 0 Å². The van der Waals surface area contributed by atoms with Crippen molar-refractivity contribution in [2.24, 2.45) is 11.3 Å². The molecule has 1 N–H and O–H groups in total. The molecule has 1 saturated heterocycles. The lowest BCUT2D eigenvalue weighted by atomic mass is 9.78. The van der Waals surface area contributed by atoms with Crippen LogP contribution in [0.5, 0.6) is 0 Å². The zero-order valence-electron chi connectivity index (χ0n) is 14.5. The molecule has 3 nitrogen and oxygen atoms in total. The standard InChI is InChI=1S/C18H36N2O/c1-16(2)8-13-20(17-6-4-5-7-17)14-18(15-21-3)9-11-19-12-10-18/h16-17,19H,4-15H2,1-3H3. The molecular formula is C18H36N2O. The molecule has 124 valence electrons. The van der Waals surface area contributed by atoms with E-state index in [4.69, 9.17) is 4.74 Å². The van der Waals surface area contributed by atoms with Gasteiger partial charge in [0.2, 0.25) is 0 Å². The maximum atomic E-state index is 5.62. The van der Waals surface area contributed by atoms with Crippen LogP contribution >= 0.6 is 0 Å². The van der Waals surface area contributed by atoms with E-state index < -0.39 is 0 Å². The van der Waals surface area contributed by atoms with E-state index in [-0.39, 0.29) is 0 Å². The van der Waals surface area contributed by atoms with Crippen LogP contribution in [0.25, 0.3) is 0 Å². The molecule has 2 aliphatic rings. The summed E-state index contributed by atoms with van der Waals surface area (Å²) >= 11 is 0. The second kappa shape index (κ2) is 8.50. The van der Waals surface area contributed by atoms with Gasteiger partial charge in [0.15, 0.2) is 0 Å². The van der Waals surface area contributed by atoms with E-state index in [1.165, 1.54) is 58.0 Å². The average molecular weight is 296 g/mol. The third kappa shape index (κ3) is 5.22. The minimum Gasteiger partial charge on any atom is -0.384 e. The van der Waals surface area contributed by atoms with Crippen LogP contribution in [0.15, 0.2) is 0 Å². The largest absolute Gasteiger partial charge is 0.384 e. The molecule has 2 rings (SSSR count). The quantitative estimate of drug-likeness (QED) is 0.744. The first kappa shape index (κ1) is 17.2. The van der Waals surface area contributed by atoms with Gasteiger partial charge >= 0.3 is 0 Å². The Labute approximate surface area is 131 Å². The summed E-state index contributed by atoms with van der Waals surface area (Å²) in [7, 11) is 1.87. The number of rotatable bonds is 8. The minimum absolute atomic E-state index is 0.388. The lowest BCUT2D eigenvalue weighted by molar-refractivity contribution is 0.00957. The van der Waals surface area contributed by atoms with Gasteiger partial charge in [-0.3, -0.25) is 4.90 Å². The van der Waals surface area contributed by atoms with Gasteiger partial charge in [-0.25, -0.2) is 0 Å². The molecule has 21 heavy (non-hydrogen) atoms. The fourth-order valence-corrected chi connectivity index (χ4v) is 4.13. The van der Waals surface area contributed by atoms with Crippen molar-refractivity contribution in [1.82, 2.24) is 10.2 Å². The van der Waals surface area contributed by atoms with Crippen LogP contribution < -0.4 is 5.32 Å². The number of hydrogen-bond donors (Lipinski definition) is 1. The molecule has 1 heterocycles. The van der Waals surface area contributed by atoms with Gasteiger partial charge in [0.05, 0.1) is 6.61 Å². The molecule has 1 aliphatic heterocycles. The van der Waals surface area contributed by atoms with Crippen LogP contribution in [0.2, 0.25) is 0 Å². The monoisotopic (exact) mass is 296 g/mol. The Hall–Kier alpha value is -0.120. The van der Waals surface area contributed by atoms with Crippen LogP contribution in [-0.4, -0.2) is 50.8 Å². The summed E-state index contributed by atoms with van der Waals surface area (Å²) in [4.78, 5) is 2.83. The van der Waals surface area contributed by atoms with Gasteiger partial charge in [0.25, 0.3) is 0 Å². The van der Waals surface area contributed by atoms with Crippen LogP contribution in [0.4, 0.5) is 0 Å². The Bertz CT molecular complexity index is 275. The second-order valence-electron chi connectivity index (χ2n) is 7.77. The maximum Gasteiger partial charge on any atom is 0.0531 e. The van der Waals surface area contributed by atoms with E-state index in [2.05, 4.69) is 24.1 Å².